The summed E-state index contributed by atoms with van der Waals surface area (Å²) >= 11 is 0. The van der Waals surface area contributed by atoms with Crippen LogP contribution in [0.1, 0.15) is 49.7 Å². The standard InChI is InChI=1S/C27H26F2N6O/c1-5-27(28,29)20-8-6-18(7-9-20)22-13-24(26(3,4)36)34-25(33-22)32-21-10-11-23(19(12-21)14-30)35-15-17(2)31-16-35/h6-13,15-16,36H,5H2,1-4H3,(H,32,33,34). The first kappa shape index (κ1) is 24.9. The molecular formula is C27H26F2N6O. The van der Waals surface area contributed by atoms with Gasteiger partial charge in [-0.15, -0.1) is 0 Å². The topological polar surface area (TPSA) is 99.7 Å². The highest BCUT2D eigenvalue weighted by molar-refractivity contribution is 5.66. The number of halogens is 2. The van der Waals surface area contributed by atoms with Crippen LogP contribution < -0.4 is 5.32 Å². The molecule has 0 unspecified atom stereocenters. The Morgan fingerprint density at radius 3 is 2.39 bits per heavy atom. The number of nitriles is 1. The van der Waals surface area contributed by atoms with Gasteiger partial charge in [-0.05, 0) is 45.0 Å². The van der Waals surface area contributed by atoms with Gasteiger partial charge in [-0.2, -0.15) is 5.26 Å². The predicted octanol–water partition coefficient (Wildman–Crippen LogP) is 5.98. The van der Waals surface area contributed by atoms with Gasteiger partial charge >= 0.3 is 0 Å². The number of anilines is 2. The number of benzene rings is 2. The first-order chi connectivity index (χ1) is 17.0. The molecule has 7 nitrogen and oxygen atoms in total. The Balaban J connectivity index is 1.71. The summed E-state index contributed by atoms with van der Waals surface area (Å²) in [7, 11) is 0. The summed E-state index contributed by atoms with van der Waals surface area (Å²) in [5.74, 6) is -2.71. The maximum atomic E-state index is 14.0. The van der Waals surface area contributed by atoms with Crippen LogP contribution in [0.4, 0.5) is 20.4 Å². The molecular weight excluding hydrogens is 462 g/mol. The molecule has 2 heterocycles. The van der Waals surface area contributed by atoms with E-state index in [1.165, 1.54) is 19.1 Å². The molecule has 0 bridgehead atoms. The average molecular weight is 489 g/mol. The smallest absolute Gasteiger partial charge is 0.273 e. The van der Waals surface area contributed by atoms with E-state index in [4.69, 9.17) is 0 Å². The van der Waals surface area contributed by atoms with Crippen LogP contribution in [0.15, 0.2) is 61.1 Å². The van der Waals surface area contributed by atoms with E-state index in [2.05, 4.69) is 26.3 Å². The molecule has 36 heavy (non-hydrogen) atoms. The Bertz CT molecular complexity index is 1430. The van der Waals surface area contributed by atoms with Gasteiger partial charge in [-0.3, -0.25) is 0 Å². The summed E-state index contributed by atoms with van der Waals surface area (Å²) in [5.41, 5.74) is 2.57. The van der Waals surface area contributed by atoms with Crippen molar-refractivity contribution in [1.29, 1.82) is 5.26 Å². The lowest BCUT2D eigenvalue weighted by Crippen LogP contribution is -2.19. The van der Waals surface area contributed by atoms with Crippen LogP contribution in [0.3, 0.4) is 0 Å². The van der Waals surface area contributed by atoms with Crippen LogP contribution in [-0.4, -0.2) is 24.6 Å². The van der Waals surface area contributed by atoms with E-state index in [9.17, 15) is 19.1 Å². The van der Waals surface area contributed by atoms with Crippen molar-refractivity contribution >= 4 is 11.6 Å². The zero-order chi connectivity index (χ0) is 26.1. The Labute approximate surface area is 208 Å². The fourth-order valence-electron chi connectivity index (χ4n) is 3.66. The lowest BCUT2D eigenvalue weighted by molar-refractivity contribution is -0.00827. The minimum absolute atomic E-state index is 0.0684. The number of aromatic nitrogens is 4. The van der Waals surface area contributed by atoms with Crippen molar-refractivity contribution in [3.8, 4) is 23.0 Å². The molecule has 0 atom stereocenters. The van der Waals surface area contributed by atoms with E-state index in [1.807, 2.05) is 13.1 Å². The Hall–Kier alpha value is -4.16. The van der Waals surface area contributed by atoms with Crippen molar-refractivity contribution in [2.24, 2.45) is 0 Å². The number of aliphatic hydroxyl groups is 1. The number of aryl methyl sites for hydroxylation is 1. The number of hydrogen-bond donors (Lipinski definition) is 2. The first-order valence-electron chi connectivity index (χ1n) is 11.4. The summed E-state index contributed by atoms with van der Waals surface area (Å²) in [4.78, 5) is 13.2. The zero-order valence-corrected chi connectivity index (χ0v) is 20.4. The van der Waals surface area contributed by atoms with Gasteiger partial charge in [0.2, 0.25) is 5.95 Å². The molecule has 184 valence electrons. The number of rotatable bonds is 7. The molecule has 0 fully saturated rings. The molecule has 9 heteroatoms. The van der Waals surface area contributed by atoms with Crippen LogP contribution in [0.25, 0.3) is 16.9 Å². The molecule has 0 saturated heterocycles. The van der Waals surface area contributed by atoms with Crippen molar-refractivity contribution in [3.63, 3.8) is 0 Å². The Morgan fingerprint density at radius 1 is 1.08 bits per heavy atom. The summed E-state index contributed by atoms with van der Waals surface area (Å²) < 4.78 is 29.9. The highest BCUT2D eigenvalue weighted by Crippen LogP contribution is 2.33. The van der Waals surface area contributed by atoms with E-state index in [0.29, 0.717) is 33.9 Å². The SMILES string of the molecule is CCC(F)(F)c1ccc(-c2cc(C(C)(C)O)nc(Nc3ccc(-n4cnc(C)c4)c(C#N)c3)n2)cc1. The van der Waals surface area contributed by atoms with Crippen LogP contribution in [0, 0.1) is 18.3 Å². The fraction of sp³-hybridized carbons (Fsp3) is 0.259. The molecule has 4 rings (SSSR count). The summed E-state index contributed by atoms with van der Waals surface area (Å²) in [5, 5.41) is 23.4. The fourth-order valence-corrected chi connectivity index (χ4v) is 3.66. The van der Waals surface area contributed by atoms with Crippen molar-refractivity contribution in [2.75, 3.05) is 5.32 Å². The number of nitrogens with zero attached hydrogens (tertiary/aromatic N) is 5. The third-order valence-corrected chi connectivity index (χ3v) is 5.76. The normalized spacial score (nSPS) is 11.8. The second kappa shape index (κ2) is 9.47. The lowest BCUT2D eigenvalue weighted by atomic mass is 10.0. The van der Waals surface area contributed by atoms with Crippen molar-refractivity contribution < 1.29 is 13.9 Å². The molecule has 0 aliphatic rings. The number of alkyl halides is 2. The molecule has 0 amide bonds. The van der Waals surface area contributed by atoms with E-state index >= 15 is 0 Å². The Kier molecular flexibility index (Phi) is 6.57. The zero-order valence-electron chi connectivity index (χ0n) is 20.4. The monoisotopic (exact) mass is 488 g/mol. The average Bonchev–Trinajstić information content (AvgIpc) is 3.29. The van der Waals surface area contributed by atoms with Gasteiger partial charge in [0.25, 0.3) is 5.92 Å². The lowest BCUT2D eigenvalue weighted by Gasteiger charge is -2.19. The second-order valence-corrected chi connectivity index (χ2v) is 9.05. The van der Waals surface area contributed by atoms with Crippen molar-refractivity contribution in [3.05, 3.63) is 83.6 Å². The summed E-state index contributed by atoms with van der Waals surface area (Å²) in [6.45, 7) is 6.51. The van der Waals surface area contributed by atoms with Gasteiger partial charge in [0.15, 0.2) is 0 Å². The molecule has 0 spiro atoms. The summed E-state index contributed by atoms with van der Waals surface area (Å²) in [6, 6.07) is 15.0. The van der Waals surface area contributed by atoms with E-state index in [-0.39, 0.29) is 17.9 Å². The number of hydrogen-bond acceptors (Lipinski definition) is 6. The highest BCUT2D eigenvalue weighted by atomic mass is 19.3. The molecule has 0 aliphatic heterocycles. The summed E-state index contributed by atoms with van der Waals surface area (Å²) in [6.07, 6.45) is 3.18. The third-order valence-electron chi connectivity index (χ3n) is 5.76. The maximum Gasteiger partial charge on any atom is 0.273 e. The van der Waals surface area contributed by atoms with Gasteiger partial charge in [-0.1, -0.05) is 31.2 Å². The quantitative estimate of drug-likeness (QED) is 0.332. The molecule has 0 saturated carbocycles. The minimum atomic E-state index is -2.91. The molecule has 2 aromatic heterocycles. The number of nitrogens with one attached hydrogen (secondary N) is 1. The van der Waals surface area contributed by atoms with E-state index in [1.54, 1.807) is 61.1 Å². The predicted molar refractivity (Wildman–Crippen MR) is 133 cm³/mol. The van der Waals surface area contributed by atoms with Gasteiger partial charge in [0.1, 0.15) is 11.7 Å². The van der Waals surface area contributed by atoms with Crippen LogP contribution in [-0.2, 0) is 11.5 Å². The third kappa shape index (κ3) is 5.24. The van der Waals surface area contributed by atoms with Gasteiger partial charge in [-0.25, -0.2) is 23.7 Å². The first-order valence-corrected chi connectivity index (χ1v) is 11.4. The highest BCUT2D eigenvalue weighted by Gasteiger charge is 2.28. The van der Waals surface area contributed by atoms with Crippen LogP contribution >= 0.6 is 0 Å². The maximum absolute atomic E-state index is 14.0. The number of imidazole rings is 1. The molecule has 2 aromatic carbocycles. The van der Waals surface area contributed by atoms with Crippen molar-refractivity contribution in [2.45, 2.75) is 45.6 Å². The molecule has 2 N–H and O–H groups in total. The van der Waals surface area contributed by atoms with Crippen LogP contribution in [0.5, 0.6) is 0 Å². The van der Waals surface area contributed by atoms with Crippen molar-refractivity contribution in [1.82, 2.24) is 19.5 Å². The molecule has 0 radical (unpaired) electrons. The van der Waals surface area contributed by atoms with Gasteiger partial charge < -0.3 is 15.0 Å². The second-order valence-electron chi connectivity index (χ2n) is 9.05. The molecule has 4 aromatic rings. The van der Waals surface area contributed by atoms with E-state index < -0.39 is 11.5 Å². The largest absolute Gasteiger partial charge is 0.384 e. The van der Waals surface area contributed by atoms with Gasteiger partial charge in [0, 0.05) is 29.4 Å². The van der Waals surface area contributed by atoms with Gasteiger partial charge in [0.05, 0.1) is 34.7 Å². The Morgan fingerprint density at radius 2 is 1.81 bits per heavy atom. The van der Waals surface area contributed by atoms with E-state index in [0.717, 1.165) is 5.69 Å². The minimum Gasteiger partial charge on any atom is -0.384 e. The molecule has 0 aliphatic carbocycles. The van der Waals surface area contributed by atoms with Crippen LogP contribution in [0.2, 0.25) is 0 Å².